The molecule has 3 rings (SSSR count). The number of hydrogen-bond donors (Lipinski definition) is 2. The molecule has 2 aromatic rings. The Morgan fingerprint density at radius 3 is 2.74 bits per heavy atom. The molecule has 1 aliphatic heterocycles. The third-order valence-corrected chi connectivity index (χ3v) is 5.05. The minimum atomic E-state index is -0.220. The van der Waals surface area contributed by atoms with Crippen molar-refractivity contribution in [2.45, 2.75) is 39.2 Å². The van der Waals surface area contributed by atoms with E-state index >= 15 is 0 Å². The second kappa shape index (κ2) is 9.09. The number of carbonyl (C=O) groups is 1. The smallest absolute Gasteiger partial charge is 0.255 e. The van der Waals surface area contributed by atoms with Crippen LogP contribution in [0.2, 0.25) is 5.02 Å². The molecular formula is C20H28Cl2N4O. The zero-order valence-electron chi connectivity index (χ0n) is 16.1. The lowest BCUT2D eigenvalue weighted by Crippen LogP contribution is -2.38. The molecule has 148 valence electrons. The van der Waals surface area contributed by atoms with Gasteiger partial charge in [-0.1, -0.05) is 29.8 Å². The fraction of sp³-hybridized carbons (Fsp3) is 0.500. The third-order valence-electron chi connectivity index (χ3n) is 4.73. The van der Waals surface area contributed by atoms with Crippen LogP contribution in [0.4, 0.5) is 0 Å². The monoisotopic (exact) mass is 410 g/mol. The summed E-state index contributed by atoms with van der Waals surface area (Å²) in [5, 5.41) is 11.8. The first-order chi connectivity index (χ1) is 12.4. The lowest BCUT2D eigenvalue weighted by Gasteiger charge is -2.22. The van der Waals surface area contributed by atoms with Crippen LogP contribution in [-0.4, -0.2) is 35.3 Å². The highest BCUT2D eigenvalue weighted by atomic mass is 35.5. The van der Waals surface area contributed by atoms with Crippen LogP contribution in [0.3, 0.4) is 0 Å². The summed E-state index contributed by atoms with van der Waals surface area (Å²) >= 11 is 6.37. The van der Waals surface area contributed by atoms with Gasteiger partial charge in [0, 0.05) is 18.3 Å². The maximum Gasteiger partial charge on any atom is 0.255 e. The highest BCUT2D eigenvalue weighted by Gasteiger charge is 2.24. The highest BCUT2D eigenvalue weighted by Crippen LogP contribution is 2.30. The number of benzene rings is 1. The molecule has 1 fully saturated rings. The molecule has 0 aliphatic carbocycles. The predicted octanol–water partition coefficient (Wildman–Crippen LogP) is 4.11. The molecule has 1 saturated heterocycles. The van der Waals surface area contributed by atoms with Gasteiger partial charge in [0.25, 0.3) is 5.91 Å². The summed E-state index contributed by atoms with van der Waals surface area (Å²) in [5.41, 5.74) is 1.75. The number of halogens is 2. The van der Waals surface area contributed by atoms with Crippen molar-refractivity contribution >= 4 is 29.9 Å². The second-order valence-electron chi connectivity index (χ2n) is 7.91. The van der Waals surface area contributed by atoms with Crippen LogP contribution in [0.5, 0.6) is 0 Å². The van der Waals surface area contributed by atoms with Crippen molar-refractivity contribution in [3.63, 3.8) is 0 Å². The highest BCUT2D eigenvalue weighted by molar-refractivity contribution is 6.33. The van der Waals surface area contributed by atoms with Crippen LogP contribution in [0.1, 0.15) is 44.0 Å². The number of hydrogen-bond acceptors (Lipinski definition) is 3. The Morgan fingerprint density at radius 1 is 1.37 bits per heavy atom. The molecule has 7 heteroatoms. The van der Waals surface area contributed by atoms with E-state index in [-0.39, 0.29) is 23.9 Å². The molecule has 0 radical (unpaired) electrons. The van der Waals surface area contributed by atoms with Gasteiger partial charge in [-0.2, -0.15) is 5.10 Å². The van der Waals surface area contributed by atoms with E-state index in [0.717, 1.165) is 31.5 Å². The molecule has 27 heavy (non-hydrogen) atoms. The average Bonchev–Trinajstić information content (AvgIpc) is 3.06. The van der Waals surface area contributed by atoms with Crippen LogP contribution in [-0.2, 0) is 5.54 Å². The quantitative estimate of drug-likeness (QED) is 0.796. The molecule has 0 bridgehead atoms. The first-order valence-electron chi connectivity index (χ1n) is 9.20. The van der Waals surface area contributed by atoms with Crippen molar-refractivity contribution in [2.24, 2.45) is 5.92 Å². The summed E-state index contributed by atoms with van der Waals surface area (Å²) in [7, 11) is 0. The molecule has 0 saturated carbocycles. The normalized spacial score (nSPS) is 17.3. The van der Waals surface area contributed by atoms with E-state index in [1.54, 1.807) is 0 Å². The SMILES string of the molecule is CC(C)(C)n1cc(C(=O)NCC2CCCNC2)c(-c2ccccc2Cl)n1.Cl. The largest absolute Gasteiger partial charge is 0.352 e. The maximum atomic E-state index is 12.9. The Bertz CT molecular complexity index is 777. The van der Waals surface area contributed by atoms with Gasteiger partial charge in [-0.15, -0.1) is 12.4 Å². The van der Waals surface area contributed by atoms with Gasteiger partial charge in [-0.25, -0.2) is 0 Å². The molecule has 0 spiro atoms. The van der Waals surface area contributed by atoms with Crippen LogP contribution < -0.4 is 10.6 Å². The van der Waals surface area contributed by atoms with E-state index < -0.39 is 0 Å². The molecule has 1 amide bonds. The van der Waals surface area contributed by atoms with E-state index in [2.05, 4.69) is 36.5 Å². The predicted molar refractivity (Wildman–Crippen MR) is 113 cm³/mol. The summed E-state index contributed by atoms with van der Waals surface area (Å²) in [6.07, 6.45) is 4.13. The number of aromatic nitrogens is 2. The van der Waals surface area contributed by atoms with Crippen molar-refractivity contribution < 1.29 is 4.79 Å². The number of carbonyl (C=O) groups excluding carboxylic acids is 1. The third kappa shape index (κ3) is 5.24. The Balaban J connectivity index is 0.00000261. The minimum Gasteiger partial charge on any atom is -0.352 e. The Labute approximate surface area is 172 Å². The van der Waals surface area contributed by atoms with Gasteiger partial charge < -0.3 is 10.6 Å². The summed E-state index contributed by atoms with van der Waals surface area (Å²) in [6.45, 7) is 8.89. The van der Waals surface area contributed by atoms with E-state index in [0.29, 0.717) is 28.7 Å². The van der Waals surface area contributed by atoms with E-state index in [1.807, 2.05) is 35.1 Å². The first kappa shape index (κ1) is 21.7. The second-order valence-corrected chi connectivity index (χ2v) is 8.32. The van der Waals surface area contributed by atoms with Crippen molar-refractivity contribution in [2.75, 3.05) is 19.6 Å². The molecule has 2 N–H and O–H groups in total. The van der Waals surface area contributed by atoms with Gasteiger partial charge >= 0.3 is 0 Å². The van der Waals surface area contributed by atoms with Crippen molar-refractivity contribution in [1.82, 2.24) is 20.4 Å². The number of nitrogens with zero attached hydrogens (tertiary/aromatic N) is 2. The summed E-state index contributed by atoms with van der Waals surface area (Å²) in [5.74, 6) is 0.384. The van der Waals surface area contributed by atoms with Crippen LogP contribution >= 0.6 is 24.0 Å². The summed E-state index contributed by atoms with van der Waals surface area (Å²) in [6, 6.07) is 7.51. The van der Waals surface area contributed by atoms with Crippen molar-refractivity contribution in [1.29, 1.82) is 0 Å². The first-order valence-corrected chi connectivity index (χ1v) is 9.58. The van der Waals surface area contributed by atoms with E-state index in [9.17, 15) is 4.79 Å². The fourth-order valence-corrected chi connectivity index (χ4v) is 3.39. The number of piperidine rings is 1. The van der Waals surface area contributed by atoms with Gasteiger partial charge in [0.05, 0.1) is 16.1 Å². The van der Waals surface area contributed by atoms with Gasteiger partial charge in [0.1, 0.15) is 5.69 Å². The van der Waals surface area contributed by atoms with Gasteiger partial charge in [0.2, 0.25) is 0 Å². The zero-order valence-corrected chi connectivity index (χ0v) is 17.7. The summed E-state index contributed by atoms with van der Waals surface area (Å²) in [4.78, 5) is 12.9. The lowest BCUT2D eigenvalue weighted by atomic mass is 9.99. The van der Waals surface area contributed by atoms with Gasteiger partial charge in [-0.3, -0.25) is 9.48 Å². The average molecular weight is 411 g/mol. The molecule has 1 aliphatic rings. The van der Waals surface area contributed by atoms with Crippen molar-refractivity contribution in [3.05, 3.63) is 41.0 Å². The van der Waals surface area contributed by atoms with Crippen LogP contribution in [0, 0.1) is 5.92 Å². The standard InChI is InChI=1S/C20H27ClN4O.ClH/c1-20(2,3)25-13-16(18(24-25)15-8-4-5-9-17(15)21)19(26)23-12-14-7-6-10-22-11-14;/h4-5,8-9,13-14,22H,6-7,10-12H2,1-3H3,(H,23,26);1H. The maximum absolute atomic E-state index is 12.9. The number of rotatable bonds is 4. The molecular weight excluding hydrogens is 383 g/mol. The molecule has 1 unspecified atom stereocenters. The zero-order chi connectivity index (χ0) is 18.7. The van der Waals surface area contributed by atoms with Crippen LogP contribution in [0.25, 0.3) is 11.3 Å². The van der Waals surface area contributed by atoms with Crippen molar-refractivity contribution in [3.8, 4) is 11.3 Å². The topological polar surface area (TPSA) is 59.0 Å². The van der Waals surface area contributed by atoms with Gasteiger partial charge in [-0.05, 0) is 58.7 Å². The van der Waals surface area contributed by atoms with Crippen LogP contribution in [0.15, 0.2) is 30.5 Å². The van der Waals surface area contributed by atoms with Gasteiger partial charge in [0.15, 0.2) is 0 Å². The number of nitrogens with one attached hydrogen (secondary N) is 2. The van der Waals surface area contributed by atoms with E-state index in [1.165, 1.54) is 0 Å². The molecule has 5 nitrogen and oxygen atoms in total. The fourth-order valence-electron chi connectivity index (χ4n) is 3.17. The molecule has 1 atom stereocenters. The molecule has 1 aromatic carbocycles. The molecule has 1 aromatic heterocycles. The number of amides is 1. The lowest BCUT2D eigenvalue weighted by molar-refractivity contribution is 0.0945. The Kier molecular flexibility index (Phi) is 7.32. The van der Waals surface area contributed by atoms with E-state index in [4.69, 9.17) is 11.6 Å². The molecule has 2 heterocycles. The Morgan fingerprint density at radius 2 is 2.11 bits per heavy atom. The minimum absolute atomic E-state index is 0. The Hall–Kier alpha value is -1.56. The summed E-state index contributed by atoms with van der Waals surface area (Å²) < 4.78 is 1.84.